The van der Waals surface area contributed by atoms with Crippen LogP contribution in [0.3, 0.4) is 0 Å². The Morgan fingerprint density at radius 2 is 2.33 bits per heavy atom. The van der Waals surface area contributed by atoms with Crippen LogP contribution in [0.1, 0.15) is 0 Å². The Hall–Kier alpha value is -0.410. The predicted octanol–water partition coefficient (Wildman–Crippen LogP) is 0.364. The molecule has 0 saturated carbocycles. The van der Waals surface area contributed by atoms with Crippen LogP contribution in [0.5, 0.6) is 0 Å². The number of rotatable bonds is 1. The van der Waals surface area contributed by atoms with Crippen molar-refractivity contribution in [2.45, 2.75) is 5.37 Å². The molecule has 0 amide bonds. The van der Waals surface area contributed by atoms with Gasteiger partial charge < -0.3 is 9.87 Å². The van der Waals surface area contributed by atoms with E-state index in [4.69, 9.17) is 0 Å². The first-order valence-corrected chi connectivity index (χ1v) is 4.34. The van der Waals surface area contributed by atoms with Crippen molar-refractivity contribution < 1.29 is 4.55 Å². The molecule has 0 aromatic heterocycles. The molecule has 9 heavy (non-hydrogen) atoms. The lowest BCUT2D eigenvalue weighted by Gasteiger charge is -2.16. The summed E-state index contributed by atoms with van der Waals surface area (Å²) in [4.78, 5) is 0. The highest BCUT2D eigenvalue weighted by atomic mass is 32.2. The molecular weight excluding hydrogens is 134 g/mol. The highest BCUT2D eigenvalue weighted by Gasteiger charge is 2.11. The lowest BCUT2D eigenvalue weighted by Crippen LogP contribution is -2.31. The molecule has 2 atom stereocenters. The van der Waals surface area contributed by atoms with E-state index in [0.29, 0.717) is 0 Å². The Bertz CT molecular complexity index is 142. The first-order chi connectivity index (χ1) is 4.30. The molecule has 0 saturated heterocycles. The van der Waals surface area contributed by atoms with Crippen LogP contribution in [-0.2, 0) is 11.2 Å². The first-order valence-electron chi connectivity index (χ1n) is 2.72. The Balaban J connectivity index is 2.46. The molecule has 0 aromatic carbocycles. The van der Waals surface area contributed by atoms with Gasteiger partial charge in [0.15, 0.2) is 0 Å². The molecular formula is C6H9NOS. The SMILES string of the molecule is C[S+]([O-])C1C=CC=CN1. The van der Waals surface area contributed by atoms with Crippen LogP contribution in [0.2, 0.25) is 0 Å². The summed E-state index contributed by atoms with van der Waals surface area (Å²) in [7, 11) is 0. The number of allylic oxidation sites excluding steroid dienone is 2. The lowest BCUT2D eigenvalue weighted by molar-refractivity contribution is 0.587. The maximum absolute atomic E-state index is 10.8. The normalized spacial score (nSPS) is 27.6. The van der Waals surface area contributed by atoms with Crippen LogP contribution >= 0.6 is 0 Å². The lowest BCUT2D eigenvalue weighted by atomic mass is 10.4. The van der Waals surface area contributed by atoms with Gasteiger partial charge in [0.25, 0.3) is 0 Å². The van der Waals surface area contributed by atoms with Gasteiger partial charge >= 0.3 is 0 Å². The van der Waals surface area contributed by atoms with Crippen LogP contribution in [0.4, 0.5) is 0 Å². The molecule has 0 fully saturated rings. The molecule has 1 aliphatic rings. The smallest absolute Gasteiger partial charge is 0.204 e. The second-order valence-electron chi connectivity index (χ2n) is 1.83. The second-order valence-corrected chi connectivity index (χ2v) is 3.33. The molecule has 1 rings (SSSR count). The fraction of sp³-hybridized carbons (Fsp3) is 0.333. The van der Waals surface area contributed by atoms with Gasteiger partial charge in [-0.25, -0.2) is 0 Å². The van der Waals surface area contributed by atoms with Crippen molar-refractivity contribution in [3.8, 4) is 0 Å². The molecule has 0 spiro atoms. The quantitative estimate of drug-likeness (QED) is 0.538. The maximum atomic E-state index is 10.8. The number of dihydropyridines is 1. The highest BCUT2D eigenvalue weighted by molar-refractivity contribution is 7.91. The third kappa shape index (κ3) is 1.77. The molecule has 50 valence electrons. The Morgan fingerprint density at radius 3 is 2.67 bits per heavy atom. The summed E-state index contributed by atoms with van der Waals surface area (Å²) < 4.78 is 10.8. The number of hydrogen-bond acceptors (Lipinski definition) is 2. The summed E-state index contributed by atoms with van der Waals surface area (Å²) in [6, 6.07) is 0. The highest BCUT2D eigenvalue weighted by Crippen LogP contribution is 2.00. The third-order valence-electron chi connectivity index (χ3n) is 1.11. The van der Waals surface area contributed by atoms with Gasteiger partial charge in [0, 0.05) is 6.20 Å². The molecule has 0 aromatic rings. The van der Waals surface area contributed by atoms with Gasteiger partial charge in [0.05, 0.1) is 6.26 Å². The Morgan fingerprint density at radius 1 is 1.56 bits per heavy atom. The molecule has 1 N–H and O–H groups in total. The zero-order valence-electron chi connectivity index (χ0n) is 5.20. The summed E-state index contributed by atoms with van der Waals surface area (Å²) in [6.07, 6.45) is 9.13. The molecule has 2 unspecified atom stereocenters. The van der Waals surface area contributed by atoms with Gasteiger partial charge in [0.2, 0.25) is 5.37 Å². The molecule has 2 nitrogen and oxygen atoms in total. The fourth-order valence-corrected chi connectivity index (χ4v) is 1.22. The van der Waals surface area contributed by atoms with Crippen LogP contribution in [0.25, 0.3) is 0 Å². The van der Waals surface area contributed by atoms with E-state index in [1.165, 1.54) is 0 Å². The van der Waals surface area contributed by atoms with Crippen molar-refractivity contribution in [3.63, 3.8) is 0 Å². The van der Waals surface area contributed by atoms with E-state index in [2.05, 4.69) is 5.32 Å². The largest absolute Gasteiger partial charge is 0.615 e. The third-order valence-corrected chi connectivity index (χ3v) is 2.12. The van der Waals surface area contributed by atoms with Gasteiger partial charge in [0.1, 0.15) is 0 Å². The predicted molar refractivity (Wildman–Crippen MR) is 39.3 cm³/mol. The van der Waals surface area contributed by atoms with E-state index in [0.717, 1.165) is 0 Å². The van der Waals surface area contributed by atoms with E-state index >= 15 is 0 Å². The minimum absolute atomic E-state index is 0.00926. The van der Waals surface area contributed by atoms with Gasteiger partial charge in [-0.15, -0.1) is 0 Å². The second kappa shape index (κ2) is 2.94. The molecule has 1 aliphatic heterocycles. The minimum atomic E-state index is -0.801. The summed E-state index contributed by atoms with van der Waals surface area (Å²) in [5, 5.41) is 2.96. The van der Waals surface area contributed by atoms with Crippen LogP contribution < -0.4 is 5.32 Å². The number of nitrogens with one attached hydrogen (secondary N) is 1. The standard InChI is InChI=1S/C6H9NOS/c1-9(8)6-4-2-3-5-7-6/h2-7H,1H3. The van der Waals surface area contributed by atoms with Crippen molar-refractivity contribution in [1.82, 2.24) is 5.32 Å². The van der Waals surface area contributed by atoms with E-state index in [1.54, 1.807) is 12.5 Å². The fourth-order valence-electron chi connectivity index (χ4n) is 0.633. The average molecular weight is 143 g/mol. The Labute approximate surface area is 57.8 Å². The van der Waals surface area contributed by atoms with E-state index < -0.39 is 11.2 Å². The van der Waals surface area contributed by atoms with Gasteiger partial charge in [-0.05, 0) is 23.3 Å². The van der Waals surface area contributed by atoms with Crippen LogP contribution in [0.15, 0.2) is 24.4 Å². The van der Waals surface area contributed by atoms with Crippen molar-refractivity contribution in [2.75, 3.05) is 6.26 Å². The van der Waals surface area contributed by atoms with Gasteiger partial charge in [-0.2, -0.15) is 0 Å². The molecule has 1 heterocycles. The number of hydrogen-bond donors (Lipinski definition) is 1. The topological polar surface area (TPSA) is 35.1 Å². The van der Waals surface area contributed by atoms with Crippen LogP contribution in [-0.4, -0.2) is 16.2 Å². The van der Waals surface area contributed by atoms with Crippen molar-refractivity contribution in [3.05, 3.63) is 24.4 Å². The summed E-state index contributed by atoms with van der Waals surface area (Å²) in [5.74, 6) is 0. The van der Waals surface area contributed by atoms with E-state index in [-0.39, 0.29) is 5.37 Å². The first kappa shape index (κ1) is 6.71. The van der Waals surface area contributed by atoms with E-state index in [9.17, 15) is 4.55 Å². The van der Waals surface area contributed by atoms with Crippen molar-refractivity contribution >= 4 is 11.2 Å². The van der Waals surface area contributed by atoms with Crippen molar-refractivity contribution in [2.24, 2.45) is 0 Å². The Kier molecular flexibility index (Phi) is 2.19. The summed E-state index contributed by atoms with van der Waals surface area (Å²) >= 11 is -0.801. The summed E-state index contributed by atoms with van der Waals surface area (Å²) in [6.45, 7) is 0. The molecule has 0 bridgehead atoms. The zero-order valence-corrected chi connectivity index (χ0v) is 6.02. The van der Waals surface area contributed by atoms with E-state index in [1.807, 2.05) is 18.2 Å². The maximum Gasteiger partial charge on any atom is 0.204 e. The molecule has 0 aliphatic carbocycles. The average Bonchev–Trinajstić information content (AvgIpc) is 1.90. The molecule has 0 radical (unpaired) electrons. The van der Waals surface area contributed by atoms with Crippen LogP contribution in [0, 0.1) is 0 Å². The monoisotopic (exact) mass is 143 g/mol. The van der Waals surface area contributed by atoms with Gasteiger partial charge in [-0.1, -0.05) is 6.08 Å². The molecule has 3 heteroatoms. The zero-order chi connectivity index (χ0) is 6.69. The summed E-state index contributed by atoms with van der Waals surface area (Å²) in [5.41, 5.74) is 0. The van der Waals surface area contributed by atoms with Crippen molar-refractivity contribution in [1.29, 1.82) is 0 Å². The van der Waals surface area contributed by atoms with Gasteiger partial charge in [-0.3, -0.25) is 0 Å². The minimum Gasteiger partial charge on any atom is -0.615 e.